The van der Waals surface area contributed by atoms with E-state index >= 15 is 0 Å². The number of rotatable bonds is 11. The molecule has 0 aliphatic rings. The van der Waals surface area contributed by atoms with E-state index in [1.807, 2.05) is 35.1 Å². The van der Waals surface area contributed by atoms with Crippen LogP contribution in [0.3, 0.4) is 0 Å². The molecule has 6 aromatic carbocycles. The Balaban J connectivity index is 0.837. The van der Waals surface area contributed by atoms with E-state index in [1.165, 1.54) is 29.3 Å². The number of thiazole rings is 2. The van der Waals surface area contributed by atoms with Crippen LogP contribution in [-0.2, 0) is 0 Å². The zero-order chi connectivity index (χ0) is 38.7. The molecule has 0 aliphatic carbocycles. The molecule has 0 amide bonds. The first kappa shape index (κ1) is 36.0. The summed E-state index contributed by atoms with van der Waals surface area (Å²) in [6.07, 6.45) is 4.02. The molecule has 0 N–H and O–H groups in total. The van der Waals surface area contributed by atoms with Crippen molar-refractivity contribution < 1.29 is 0 Å². The Morgan fingerprint density at radius 1 is 0.259 bits per heavy atom. The van der Waals surface area contributed by atoms with Crippen LogP contribution < -0.4 is 9.80 Å². The normalized spacial score (nSPS) is 11.1. The van der Waals surface area contributed by atoms with Gasteiger partial charge >= 0.3 is 0 Å². The molecule has 0 atom stereocenters. The molecular formula is C50H34N4S4. The number of hydrogen-bond donors (Lipinski definition) is 0. The lowest BCUT2D eigenvalue weighted by Crippen LogP contribution is -2.09. The first-order valence-electron chi connectivity index (χ1n) is 18.9. The van der Waals surface area contributed by atoms with E-state index in [2.05, 4.69) is 204 Å². The lowest BCUT2D eigenvalue weighted by atomic mass is 10.1. The number of thiophene rings is 2. The van der Waals surface area contributed by atoms with E-state index in [9.17, 15) is 0 Å². The Labute approximate surface area is 353 Å². The fourth-order valence-corrected chi connectivity index (χ4v) is 11.1. The van der Waals surface area contributed by atoms with Crippen molar-refractivity contribution in [1.29, 1.82) is 0 Å². The molecule has 10 aromatic rings. The predicted molar refractivity (Wildman–Crippen MR) is 250 cm³/mol. The van der Waals surface area contributed by atoms with Gasteiger partial charge in [-0.1, -0.05) is 72.8 Å². The fraction of sp³-hybridized carbons (Fsp3) is 0. The Kier molecular flexibility index (Phi) is 10.0. The first-order valence-corrected chi connectivity index (χ1v) is 22.1. The van der Waals surface area contributed by atoms with Crippen LogP contribution in [0.5, 0.6) is 0 Å². The Morgan fingerprint density at radius 2 is 0.534 bits per heavy atom. The SMILES string of the molecule is c1ccc(N(c2ccccc2)c2ccc(-c3ncc(-c4ccc(-c5ccc(-c6cnc(-c7ccc(N(c8ccccc8)c8ccccc8)cc7)s6)s5)s4)s3)cc2)cc1. The van der Waals surface area contributed by atoms with Gasteiger partial charge in [0.2, 0.25) is 0 Å². The lowest BCUT2D eigenvalue weighted by Gasteiger charge is -2.25. The van der Waals surface area contributed by atoms with Gasteiger partial charge in [0.25, 0.3) is 0 Å². The molecule has 0 saturated carbocycles. The minimum Gasteiger partial charge on any atom is -0.311 e. The van der Waals surface area contributed by atoms with Crippen LogP contribution in [0.15, 0.2) is 207 Å². The van der Waals surface area contributed by atoms with Gasteiger partial charge in [0.15, 0.2) is 0 Å². The Bertz CT molecular complexity index is 2600. The average Bonchev–Trinajstić information content (AvgIpc) is 4.14. The summed E-state index contributed by atoms with van der Waals surface area (Å²) in [5.74, 6) is 0. The molecule has 0 bridgehead atoms. The van der Waals surface area contributed by atoms with Gasteiger partial charge in [0, 0.05) is 77.2 Å². The third-order valence-electron chi connectivity index (χ3n) is 9.75. The highest BCUT2D eigenvalue weighted by atomic mass is 32.1. The van der Waals surface area contributed by atoms with Crippen LogP contribution in [-0.4, -0.2) is 9.97 Å². The second-order valence-electron chi connectivity index (χ2n) is 13.5. The third-order valence-corrected chi connectivity index (χ3v) is 14.6. The predicted octanol–water partition coefficient (Wildman–Crippen LogP) is 16.0. The van der Waals surface area contributed by atoms with E-state index in [0.29, 0.717) is 0 Å². The second kappa shape index (κ2) is 16.2. The standard InChI is InChI=1S/C50H34N4S4/c1-5-13-37(14-6-1)53(38-15-7-2-8-16-38)41-25-21-35(22-26-41)49-51-33-47(57-49)45-31-29-43(55-45)44-30-32-46(56-44)48-34-52-50(58-48)36-23-27-42(28-24-36)54(39-17-9-3-10-18-39)40-19-11-4-12-20-40/h1-34H. The number of nitrogens with zero attached hydrogens (tertiary/aromatic N) is 4. The minimum absolute atomic E-state index is 1.02. The van der Waals surface area contributed by atoms with Gasteiger partial charge in [0.05, 0.1) is 9.75 Å². The number of aromatic nitrogens is 2. The van der Waals surface area contributed by atoms with Crippen molar-refractivity contribution in [1.82, 2.24) is 9.97 Å². The molecule has 0 unspecified atom stereocenters. The van der Waals surface area contributed by atoms with Gasteiger partial charge in [-0.25, -0.2) is 9.97 Å². The summed E-state index contributed by atoms with van der Waals surface area (Å²) in [5.41, 5.74) is 8.93. The monoisotopic (exact) mass is 818 g/mol. The Morgan fingerprint density at radius 3 is 0.845 bits per heavy atom. The fourth-order valence-electron chi connectivity index (χ4n) is 6.96. The van der Waals surface area contributed by atoms with Crippen LogP contribution in [0, 0.1) is 0 Å². The van der Waals surface area contributed by atoms with E-state index in [1.54, 1.807) is 22.7 Å². The zero-order valence-electron chi connectivity index (χ0n) is 31.1. The van der Waals surface area contributed by atoms with Crippen molar-refractivity contribution in [2.24, 2.45) is 0 Å². The molecule has 10 rings (SSSR count). The van der Waals surface area contributed by atoms with Gasteiger partial charge in [-0.15, -0.1) is 45.3 Å². The number of benzene rings is 6. The highest BCUT2D eigenvalue weighted by molar-refractivity contribution is 7.29. The molecule has 4 heterocycles. The number of para-hydroxylation sites is 4. The molecule has 0 saturated heterocycles. The minimum atomic E-state index is 1.02. The van der Waals surface area contributed by atoms with E-state index < -0.39 is 0 Å². The molecule has 0 radical (unpaired) electrons. The summed E-state index contributed by atoms with van der Waals surface area (Å²) in [7, 11) is 0. The van der Waals surface area contributed by atoms with Gasteiger partial charge in [-0.2, -0.15) is 0 Å². The average molecular weight is 819 g/mol. The molecular weight excluding hydrogens is 785 g/mol. The van der Waals surface area contributed by atoms with Crippen molar-refractivity contribution >= 4 is 79.5 Å². The maximum Gasteiger partial charge on any atom is 0.123 e. The van der Waals surface area contributed by atoms with Gasteiger partial charge in [0.1, 0.15) is 10.0 Å². The second-order valence-corrected chi connectivity index (χ2v) is 17.7. The van der Waals surface area contributed by atoms with Crippen LogP contribution in [0.25, 0.3) is 50.4 Å². The van der Waals surface area contributed by atoms with Crippen LogP contribution >= 0.6 is 45.3 Å². The van der Waals surface area contributed by atoms with Crippen molar-refractivity contribution in [3.05, 3.63) is 207 Å². The molecule has 0 fully saturated rings. The largest absolute Gasteiger partial charge is 0.311 e. The van der Waals surface area contributed by atoms with Crippen molar-refractivity contribution in [3.8, 4) is 50.4 Å². The van der Waals surface area contributed by atoms with E-state index in [-0.39, 0.29) is 0 Å². The topological polar surface area (TPSA) is 32.3 Å². The highest BCUT2D eigenvalue weighted by Gasteiger charge is 2.17. The summed E-state index contributed by atoms with van der Waals surface area (Å²) >= 11 is 7.11. The maximum atomic E-state index is 4.85. The first-order chi connectivity index (χ1) is 28.7. The van der Waals surface area contributed by atoms with Crippen LogP contribution in [0.2, 0.25) is 0 Å². The smallest absolute Gasteiger partial charge is 0.123 e. The van der Waals surface area contributed by atoms with Crippen molar-refractivity contribution in [2.45, 2.75) is 0 Å². The number of hydrogen-bond acceptors (Lipinski definition) is 8. The zero-order valence-corrected chi connectivity index (χ0v) is 34.3. The summed E-state index contributed by atoms with van der Waals surface area (Å²) in [5, 5.41) is 2.03. The van der Waals surface area contributed by atoms with Crippen molar-refractivity contribution in [2.75, 3.05) is 9.80 Å². The molecule has 8 heteroatoms. The molecule has 58 heavy (non-hydrogen) atoms. The molecule has 4 aromatic heterocycles. The van der Waals surface area contributed by atoms with E-state index in [0.717, 1.165) is 55.3 Å². The summed E-state index contributed by atoms with van der Waals surface area (Å²) in [6.45, 7) is 0. The molecule has 4 nitrogen and oxygen atoms in total. The summed E-state index contributed by atoms with van der Waals surface area (Å²) < 4.78 is 0. The van der Waals surface area contributed by atoms with Crippen LogP contribution in [0.1, 0.15) is 0 Å². The quantitative estimate of drug-likeness (QED) is 0.130. The molecule has 278 valence electrons. The maximum absolute atomic E-state index is 4.85. The highest BCUT2D eigenvalue weighted by Crippen LogP contribution is 2.45. The molecule has 0 aliphatic heterocycles. The van der Waals surface area contributed by atoms with Gasteiger partial charge in [-0.3, -0.25) is 0 Å². The van der Waals surface area contributed by atoms with Crippen molar-refractivity contribution in [3.63, 3.8) is 0 Å². The summed E-state index contributed by atoms with van der Waals surface area (Å²) in [4.78, 5) is 21.6. The summed E-state index contributed by atoms with van der Waals surface area (Å²) in [6, 6.07) is 68.3. The van der Waals surface area contributed by atoms with Gasteiger partial charge < -0.3 is 9.80 Å². The van der Waals surface area contributed by atoms with Crippen LogP contribution in [0.4, 0.5) is 34.1 Å². The number of anilines is 6. The lowest BCUT2D eigenvalue weighted by molar-refractivity contribution is 1.28. The van der Waals surface area contributed by atoms with E-state index in [4.69, 9.17) is 9.97 Å². The third kappa shape index (κ3) is 7.42. The Hall–Kier alpha value is -6.42. The molecule has 0 spiro atoms. The van der Waals surface area contributed by atoms with Gasteiger partial charge in [-0.05, 0) is 121 Å².